The highest BCUT2D eigenvalue weighted by Gasteiger charge is 2.54. The van der Waals surface area contributed by atoms with Crippen molar-refractivity contribution >= 4 is 22.4 Å². The normalized spacial score (nSPS) is 22.5. The van der Waals surface area contributed by atoms with Gasteiger partial charge in [0.15, 0.2) is 0 Å². The lowest BCUT2D eigenvalue weighted by Gasteiger charge is -2.43. The molecule has 3 aliphatic heterocycles. The Hall–Kier alpha value is -2.96. The van der Waals surface area contributed by atoms with Crippen LogP contribution in [0.5, 0.6) is 0 Å². The topological polar surface area (TPSA) is 39.3 Å². The fraction of sp³-hybridized carbons (Fsp3) is 0.370. The van der Waals surface area contributed by atoms with Gasteiger partial charge in [-0.25, -0.2) is 4.39 Å². The molecular formula is C27H28FN3O2. The zero-order valence-corrected chi connectivity index (χ0v) is 18.6. The summed E-state index contributed by atoms with van der Waals surface area (Å²) in [4.78, 5) is 20.3. The van der Waals surface area contributed by atoms with Crippen LogP contribution in [0, 0.1) is 5.82 Å². The summed E-state index contributed by atoms with van der Waals surface area (Å²) in [6.45, 7) is 4.47. The van der Waals surface area contributed by atoms with Gasteiger partial charge in [0.25, 0.3) is 0 Å². The predicted octanol–water partition coefficient (Wildman–Crippen LogP) is 4.02. The molecule has 3 aliphatic rings. The van der Waals surface area contributed by atoms with Gasteiger partial charge in [0.05, 0.1) is 25.9 Å². The molecule has 1 atom stereocenters. The number of anilines is 1. The Morgan fingerprint density at radius 1 is 0.970 bits per heavy atom. The highest BCUT2D eigenvalue weighted by Crippen LogP contribution is 2.40. The Kier molecular flexibility index (Phi) is 5.07. The van der Waals surface area contributed by atoms with Crippen LogP contribution < -0.4 is 4.90 Å². The number of hydrogen-bond donors (Lipinski definition) is 0. The first-order chi connectivity index (χ1) is 16.1. The van der Waals surface area contributed by atoms with Gasteiger partial charge in [-0.15, -0.1) is 0 Å². The Bertz CT molecular complexity index is 1160. The van der Waals surface area contributed by atoms with Crippen LogP contribution >= 0.6 is 0 Å². The quantitative estimate of drug-likeness (QED) is 0.556. The van der Waals surface area contributed by atoms with Gasteiger partial charge >= 0.3 is 0 Å². The second-order valence-corrected chi connectivity index (χ2v) is 9.47. The molecule has 0 aromatic heterocycles. The number of piperidine rings is 1. The molecule has 0 aliphatic carbocycles. The third-order valence-corrected chi connectivity index (χ3v) is 7.44. The summed E-state index contributed by atoms with van der Waals surface area (Å²) in [7, 11) is 0. The third kappa shape index (κ3) is 3.77. The van der Waals surface area contributed by atoms with E-state index in [1.54, 1.807) is 12.1 Å². The molecule has 1 unspecified atom stereocenters. The molecule has 1 spiro atoms. The zero-order chi connectivity index (χ0) is 22.4. The van der Waals surface area contributed by atoms with Crippen molar-refractivity contribution in [1.29, 1.82) is 0 Å². The maximum Gasteiger partial charge on any atom is 0.250 e. The number of nitrogens with zero attached hydrogens (tertiary/aromatic N) is 3. The van der Waals surface area contributed by atoms with Crippen LogP contribution in [0.1, 0.15) is 18.4 Å². The lowest BCUT2D eigenvalue weighted by atomic mass is 9.85. The summed E-state index contributed by atoms with van der Waals surface area (Å²) >= 11 is 0. The molecule has 170 valence electrons. The standard InChI is InChI=1S/C27H28FN3O2/c28-22-8-10-23(11-9-22)31-19-30(17-24-18-33-24)26(32)27(31)12-14-29(15-13-27)16-21-6-3-5-20-4-1-2-7-25(20)21/h1-11,24H,12-19H2. The van der Waals surface area contributed by atoms with Crippen LogP contribution in [0.15, 0.2) is 66.7 Å². The lowest BCUT2D eigenvalue weighted by molar-refractivity contribution is -0.133. The number of epoxide rings is 1. The van der Waals surface area contributed by atoms with E-state index in [4.69, 9.17) is 4.74 Å². The molecule has 0 saturated carbocycles. The summed E-state index contributed by atoms with van der Waals surface area (Å²) in [5.41, 5.74) is 1.67. The van der Waals surface area contributed by atoms with Crippen molar-refractivity contribution < 1.29 is 13.9 Å². The van der Waals surface area contributed by atoms with Crippen LogP contribution in [0.2, 0.25) is 0 Å². The van der Waals surface area contributed by atoms with Crippen molar-refractivity contribution in [2.75, 3.05) is 37.8 Å². The number of rotatable bonds is 5. The van der Waals surface area contributed by atoms with E-state index < -0.39 is 5.54 Å². The maximum absolute atomic E-state index is 13.7. The zero-order valence-electron chi connectivity index (χ0n) is 18.6. The van der Waals surface area contributed by atoms with Crippen LogP contribution in [0.4, 0.5) is 10.1 Å². The second-order valence-electron chi connectivity index (χ2n) is 9.47. The van der Waals surface area contributed by atoms with E-state index in [9.17, 15) is 9.18 Å². The van der Waals surface area contributed by atoms with Crippen molar-refractivity contribution in [1.82, 2.24) is 9.80 Å². The highest BCUT2D eigenvalue weighted by molar-refractivity contribution is 5.93. The minimum absolute atomic E-state index is 0.158. The largest absolute Gasteiger partial charge is 0.371 e. The molecule has 6 heteroatoms. The number of carbonyl (C=O) groups is 1. The van der Waals surface area contributed by atoms with E-state index in [1.165, 1.54) is 28.5 Å². The smallest absolute Gasteiger partial charge is 0.250 e. The monoisotopic (exact) mass is 445 g/mol. The van der Waals surface area contributed by atoms with Gasteiger partial charge in [0.2, 0.25) is 5.91 Å². The van der Waals surface area contributed by atoms with E-state index >= 15 is 0 Å². The number of ether oxygens (including phenoxy) is 1. The summed E-state index contributed by atoms with van der Waals surface area (Å²) in [6, 6.07) is 21.5. The third-order valence-electron chi connectivity index (χ3n) is 7.44. The first kappa shape index (κ1) is 20.6. The van der Waals surface area contributed by atoms with Gasteiger partial charge < -0.3 is 14.5 Å². The Balaban J connectivity index is 1.23. The van der Waals surface area contributed by atoms with Crippen molar-refractivity contribution in [3.05, 3.63) is 78.1 Å². The second kappa shape index (κ2) is 8.12. The average Bonchev–Trinajstić information content (AvgIpc) is 3.63. The molecule has 3 aromatic rings. The van der Waals surface area contributed by atoms with E-state index in [2.05, 4.69) is 52.3 Å². The number of benzene rings is 3. The molecule has 33 heavy (non-hydrogen) atoms. The molecule has 3 aromatic carbocycles. The van der Waals surface area contributed by atoms with Gasteiger partial charge in [-0.2, -0.15) is 0 Å². The van der Waals surface area contributed by atoms with Crippen LogP contribution in [0.25, 0.3) is 10.8 Å². The highest BCUT2D eigenvalue weighted by atomic mass is 19.1. The molecule has 6 rings (SSSR count). The molecule has 0 radical (unpaired) electrons. The minimum Gasteiger partial charge on any atom is -0.371 e. The first-order valence-electron chi connectivity index (χ1n) is 11.8. The van der Waals surface area contributed by atoms with E-state index in [1.807, 2.05) is 4.90 Å². The Labute approximate surface area is 193 Å². The number of halogens is 1. The summed E-state index contributed by atoms with van der Waals surface area (Å²) in [6.07, 6.45) is 1.68. The summed E-state index contributed by atoms with van der Waals surface area (Å²) in [5.74, 6) is -0.0707. The number of amides is 1. The van der Waals surface area contributed by atoms with E-state index in [-0.39, 0.29) is 17.8 Å². The molecule has 3 heterocycles. The number of carbonyl (C=O) groups excluding carboxylic acids is 1. The number of hydrogen-bond acceptors (Lipinski definition) is 4. The molecular weight excluding hydrogens is 417 g/mol. The van der Waals surface area contributed by atoms with Gasteiger partial charge in [-0.1, -0.05) is 42.5 Å². The fourth-order valence-corrected chi connectivity index (χ4v) is 5.53. The van der Waals surface area contributed by atoms with Gasteiger partial charge in [0, 0.05) is 25.3 Å². The van der Waals surface area contributed by atoms with Crippen LogP contribution in [-0.2, 0) is 16.1 Å². The van der Waals surface area contributed by atoms with Gasteiger partial charge in [-0.05, 0) is 53.4 Å². The molecule has 0 N–H and O–H groups in total. The van der Waals surface area contributed by atoms with E-state index in [0.29, 0.717) is 13.2 Å². The lowest BCUT2D eigenvalue weighted by Crippen LogP contribution is -2.56. The molecule has 3 fully saturated rings. The fourth-order valence-electron chi connectivity index (χ4n) is 5.53. The van der Waals surface area contributed by atoms with Crippen molar-refractivity contribution in [3.8, 4) is 0 Å². The van der Waals surface area contributed by atoms with Gasteiger partial charge in [0.1, 0.15) is 11.4 Å². The number of fused-ring (bicyclic) bond motifs is 1. The molecule has 5 nitrogen and oxygen atoms in total. The molecule has 1 amide bonds. The van der Waals surface area contributed by atoms with Crippen LogP contribution in [0.3, 0.4) is 0 Å². The predicted molar refractivity (Wildman–Crippen MR) is 126 cm³/mol. The maximum atomic E-state index is 13.7. The molecule has 0 bridgehead atoms. The number of likely N-dealkylation sites (tertiary alicyclic amines) is 1. The van der Waals surface area contributed by atoms with Crippen molar-refractivity contribution in [2.45, 2.75) is 31.0 Å². The van der Waals surface area contributed by atoms with Gasteiger partial charge in [-0.3, -0.25) is 9.69 Å². The van der Waals surface area contributed by atoms with Crippen LogP contribution in [-0.4, -0.2) is 60.3 Å². The molecule has 3 saturated heterocycles. The summed E-state index contributed by atoms with van der Waals surface area (Å²) < 4.78 is 19.0. The Morgan fingerprint density at radius 3 is 2.45 bits per heavy atom. The minimum atomic E-state index is -0.567. The van der Waals surface area contributed by atoms with Crippen molar-refractivity contribution in [3.63, 3.8) is 0 Å². The average molecular weight is 446 g/mol. The van der Waals surface area contributed by atoms with E-state index in [0.717, 1.165) is 44.8 Å². The first-order valence-corrected chi connectivity index (χ1v) is 11.8. The SMILES string of the molecule is O=C1N(CC2CO2)CN(c2ccc(F)cc2)C12CCN(Cc1cccc3ccccc13)CC2. The van der Waals surface area contributed by atoms with Crippen molar-refractivity contribution in [2.24, 2.45) is 0 Å². The summed E-state index contributed by atoms with van der Waals surface area (Å²) in [5, 5.41) is 2.55. The Morgan fingerprint density at radius 2 is 1.70 bits per heavy atom.